The summed E-state index contributed by atoms with van der Waals surface area (Å²) in [6.07, 6.45) is 0. The van der Waals surface area contributed by atoms with Gasteiger partial charge in [0.25, 0.3) is 0 Å². The van der Waals surface area contributed by atoms with Gasteiger partial charge in [0.1, 0.15) is 8.74 Å². The van der Waals surface area contributed by atoms with Gasteiger partial charge >= 0.3 is 0 Å². The van der Waals surface area contributed by atoms with Crippen molar-refractivity contribution in [3.63, 3.8) is 0 Å². The van der Waals surface area contributed by atoms with E-state index in [0.29, 0.717) is 0 Å². The van der Waals surface area contributed by atoms with E-state index in [9.17, 15) is 0 Å². The fourth-order valence-corrected chi connectivity index (χ4v) is 2.93. The first-order valence-electron chi connectivity index (χ1n) is 3.51. The van der Waals surface area contributed by atoms with Crippen molar-refractivity contribution in [3.8, 4) is 0 Å². The molecule has 1 nitrogen and oxygen atoms in total. The third-order valence-electron chi connectivity index (χ3n) is 1.55. The van der Waals surface area contributed by atoms with Crippen LogP contribution in [0.4, 0.5) is 0 Å². The van der Waals surface area contributed by atoms with Crippen LogP contribution < -0.4 is 0 Å². The van der Waals surface area contributed by atoms with Crippen LogP contribution in [0.2, 0.25) is 0 Å². The molecular weight excluding hydrogens is 382 g/mol. The molecule has 0 aliphatic rings. The third kappa shape index (κ3) is 2.14. The van der Waals surface area contributed by atoms with Gasteiger partial charge in [-0.2, -0.15) is 0 Å². The Bertz CT molecular complexity index is 438. The monoisotopic (exact) mass is 383 g/mol. The van der Waals surface area contributed by atoms with Gasteiger partial charge in [-0.3, -0.25) is 0 Å². The Morgan fingerprint density at radius 1 is 1.31 bits per heavy atom. The molecule has 13 heavy (non-hydrogen) atoms. The van der Waals surface area contributed by atoms with Crippen molar-refractivity contribution in [3.05, 3.63) is 27.7 Å². The predicted molar refractivity (Wildman–Crippen MR) is 67.9 cm³/mol. The van der Waals surface area contributed by atoms with Crippen molar-refractivity contribution in [2.75, 3.05) is 0 Å². The van der Waals surface area contributed by atoms with Crippen LogP contribution in [0.1, 0.15) is 8.74 Å². The SMILES string of the molecule is Brc1ccc2sc(C(Br)Br)nc2c1. The lowest BCUT2D eigenvalue weighted by molar-refractivity contribution is 1.31. The molecular formula is C8H4Br3NS. The number of rotatable bonds is 1. The van der Waals surface area contributed by atoms with Crippen LogP contribution in [0, 0.1) is 0 Å². The van der Waals surface area contributed by atoms with Crippen LogP contribution in [0.5, 0.6) is 0 Å². The first-order chi connectivity index (χ1) is 6.16. The van der Waals surface area contributed by atoms with E-state index in [2.05, 4.69) is 58.8 Å². The zero-order valence-corrected chi connectivity index (χ0v) is 11.9. The Labute approximate surface area is 105 Å². The summed E-state index contributed by atoms with van der Waals surface area (Å²) in [4.78, 5) is 4.47. The average Bonchev–Trinajstić information content (AvgIpc) is 2.46. The fourth-order valence-electron chi connectivity index (χ4n) is 1.01. The summed E-state index contributed by atoms with van der Waals surface area (Å²) in [6, 6.07) is 6.13. The Hall–Kier alpha value is 0.550. The lowest BCUT2D eigenvalue weighted by atomic mass is 10.3. The summed E-state index contributed by atoms with van der Waals surface area (Å²) in [5, 5.41) is 1.05. The third-order valence-corrected chi connectivity index (χ3v) is 4.62. The normalized spacial score (nSPS) is 11.4. The predicted octanol–water partition coefficient (Wildman–Crippen LogP) is 4.85. The Morgan fingerprint density at radius 2 is 2.08 bits per heavy atom. The van der Waals surface area contributed by atoms with Crippen molar-refractivity contribution in [1.29, 1.82) is 0 Å². The van der Waals surface area contributed by atoms with Crippen molar-refractivity contribution < 1.29 is 0 Å². The van der Waals surface area contributed by atoms with E-state index in [-0.39, 0.29) is 3.74 Å². The standard InChI is InChI=1S/C8H4Br3NS/c9-4-1-2-6-5(3-4)12-8(13-6)7(10)11/h1-3,7H. The summed E-state index contributed by atoms with van der Waals surface area (Å²) in [5.41, 5.74) is 1.04. The number of nitrogens with zero attached hydrogens (tertiary/aromatic N) is 1. The molecule has 0 saturated heterocycles. The van der Waals surface area contributed by atoms with Crippen molar-refractivity contribution in [1.82, 2.24) is 4.98 Å². The molecule has 68 valence electrons. The molecule has 0 fully saturated rings. The number of thiazole rings is 1. The smallest absolute Gasteiger partial charge is 0.121 e. The fraction of sp³-hybridized carbons (Fsp3) is 0.125. The van der Waals surface area contributed by atoms with Gasteiger partial charge in [-0.15, -0.1) is 11.3 Å². The number of benzene rings is 1. The Balaban J connectivity index is 2.62. The van der Waals surface area contributed by atoms with Crippen molar-refractivity contribution in [2.24, 2.45) is 0 Å². The van der Waals surface area contributed by atoms with Gasteiger partial charge < -0.3 is 0 Å². The molecule has 0 unspecified atom stereocenters. The van der Waals surface area contributed by atoms with Crippen molar-refractivity contribution in [2.45, 2.75) is 3.74 Å². The second-order valence-electron chi connectivity index (χ2n) is 2.46. The highest BCUT2D eigenvalue weighted by molar-refractivity contribution is 9.24. The zero-order chi connectivity index (χ0) is 9.42. The minimum atomic E-state index is 0.149. The zero-order valence-electron chi connectivity index (χ0n) is 6.30. The summed E-state index contributed by atoms with van der Waals surface area (Å²) >= 11 is 12.0. The Morgan fingerprint density at radius 3 is 2.77 bits per heavy atom. The van der Waals surface area contributed by atoms with E-state index in [1.54, 1.807) is 11.3 Å². The molecule has 1 aromatic carbocycles. The molecule has 0 saturated carbocycles. The molecule has 0 radical (unpaired) electrons. The van der Waals surface area contributed by atoms with Gasteiger partial charge in [0.15, 0.2) is 0 Å². The van der Waals surface area contributed by atoms with Gasteiger partial charge in [0.05, 0.1) is 10.2 Å². The van der Waals surface area contributed by atoms with E-state index in [0.717, 1.165) is 15.0 Å². The van der Waals surface area contributed by atoms with Crippen molar-refractivity contribution >= 4 is 69.3 Å². The number of hydrogen-bond acceptors (Lipinski definition) is 2. The molecule has 0 amide bonds. The van der Waals surface area contributed by atoms with Crippen LogP contribution in [0.15, 0.2) is 22.7 Å². The molecule has 1 aromatic heterocycles. The minimum Gasteiger partial charge on any atom is -0.239 e. The first-order valence-corrected chi connectivity index (χ1v) is 6.95. The van der Waals surface area contributed by atoms with Crippen LogP contribution in [-0.2, 0) is 0 Å². The highest BCUT2D eigenvalue weighted by Gasteiger charge is 2.09. The van der Waals surface area contributed by atoms with E-state index in [4.69, 9.17) is 0 Å². The van der Waals surface area contributed by atoms with Crippen LogP contribution >= 0.6 is 59.1 Å². The van der Waals surface area contributed by atoms with Gasteiger partial charge in [0.2, 0.25) is 0 Å². The maximum absolute atomic E-state index is 4.47. The molecule has 0 atom stereocenters. The maximum atomic E-state index is 4.47. The largest absolute Gasteiger partial charge is 0.239 e. The van der Waals surface area contributed by atoms with Crippen LogP contribution in [0.25, 0.3) is 10.2 Å². The van der Waals surface area contributed by atoms with Crippen LogP contribution in [-0.4, -0.2) is 4.98 Å². The van der Waals surface area contributed by atoms with E-state index < -0.39 is 0 Å². The molecule has 0 spiro atoms. The quantitative estimate of drug-likeness (QED) is 0.639. The lowest BCUT2D eigenvalue weighted by Crippen LogP contribution is -1.75. The lowest BCUT2D eigenvalue weighted by Gasteiger charge is -1.90. The van der Waals surface area contributed by atoms with Crippen LogP contribution in [0.3, 0.4) is 0 Å². The van der Waals surface area contributed by atoms with E-state index >= 15 is 0 Å². The van der Waals surface area contributed by atoms with Gasteiger partial charge in [-0.25, -0.2) is 4.98 Å². The highest BCUT2D eigenvalue weighted by atomic mass is 79.9. The molecule has 2 rings (SSSR count). The molecule has 0 aliphatic heterocycles. The number of aromatic nitrogens is 1. The Kier molecular flexibility index (Phi) is 3.07. The average molecular weight is 386 g/mol. The molecule has 0 aliphatic carbocycles. The summed E-state index contributed by atoms with van der Waals surface area (Å²) in [5.74, 6) is 0. The summed E-state index contributed by atoms with van der Waals surface area (Å²) in [6.45, 7) is 0. The molecule has 2 aromatic rings. The molecule has 0 N–H and O–H groups in total. The summed E-state index contributed by atoms with van der Waals surface area (Å²) in [7, 11) is 0. The second kappa shape index (κ2) is 3.96. The highest BCUT2D eigenvalue weighted by Crippen LogP contribution is 2.35. The molecule has 5 heteroatoms. The molecule has 1 heterocycles. The number of fused-ring (bicyclic) bond motifs is 1. The first kappa shape index (κ1) is 10.1. The van der Waals surface area contributed by atoms with Gasteiger partial charge in [-0.05, 0) is 18.2 Å². The molecule has 0 bridgehead atoms. The number of alkyl halides is 2. The number of hydrogen-bond donors (Lipinski definition) is 0. The minimum absolute atomic E-state index is 0.149. The second-order valence-corrected chi connectivity index (χ2v) is 7.50. The number of halogens is 3. The van der Waals surface area contributed by atoms with E-state index in [1.807, 2.05) is 12.1 Å². The maximum Gasteiger partial charge on any atom is 0.121 e. The van der Waals surface area contributed by atoms with E-state index in [1.165, 1.54) is 4.70 Å². The summed E-state index contributed by atoms with van der Waals surface area (Å²) < 4.78 is 2.43. The van der Waals surface area contributed by atoms with Gasteiger partial charge in [-0.1, -0.05) is 47.8 Å². The topological polar surface area (TPSA) is 12.9 Å². The van der Waals surface area contributed by atoms with Gasteiger partial charge in [0, 0.05) is 4.47 Å².